The van der Waals surface area contributed by atoms with E-state index >= 15 is 0 Å². The van der Waals surface area contributed by atoms with E-state index in [1.54, 1.807) is 24.4 Å². The quantitative estimate of drug-likeness (QED) is 0.916. The van der Waals surface area contributed by atoms with Crippen LogP contribution in [-0.4, -0.2) is 13.4 Å². The average molecular weight is 304 g/mol. The predicted molar refractivity (Wildman–Crippen MR) is 84.9 cm³/mol. The van der Waals surface area contributed by atoms with Gasteiger partial charge in [0.25, 0.3) is 10.0 Å². The first kappa shape index (κ1) is 15.5. The number of pyridine rings is 1. The summed E-state index contributed by atoms with van der Waals surface area (Å²) in [5.74, 6) is 0.758. The molecule has 0 bridgehead atoms. The number of hydrogen-bond donors (Lipinski definition) is 1. The van der Waals surface area contributed by atoms with Gasteiger partial charge in [-0.25, -0.2) is 13.4 Å². The van der Waals surface area contributed by atoms with Crippen LogP contribution in [0.1, 0.15) is 37.3 Å². The summed E-state index contributed by atoms with van der Waals surface area (Å²) in [5.41, 5.74) is 2.10. The molecule has 0 saturated carbocycles. The van der Waals surface area contributed by atoms with Crippen molar-refractivity contribution in [3.8, 4) is 0 Å². The van der Waals surface area contributed by atoms with Gasteiger partial charge in [-0.1, -0.05) is 26.0 Å². The lowest BCUT2D eigenvalue weighted by atomic mass is 9.99. The minimum atomic E-state index is -3.59. The van der Waals surface area contributed by atoms with Gasteiger partial charge >= 0.3 is 0 Å². The number of rotatable bonds is 5. The van der Waals surface area contributed by atoms with Gasteiger partial charge < -0.3 is 0 Å². The first-order chi connectivity index (χ1) is 9.92. The second kappa shape index (κ2) is 6.26. The zero-order valence-electron chi connectivity index (χ0n) is 12.5. The van der Waals surface area contributed by atoms with E-state index in [4.69, 9.17) is 0 Å². The molecule has 0 fully saturated rings. The topological polar surface area (TPSA) is 59.1 Å². The van der Waals surface area contributed by atoms with Gasteiger partial charge in [-0.15, -0.1) is 0 Å². The molecule has 0 radical (unpaired) electrons. The fourth-order valence-corrected chi connectivity index (χ4v) is 3.00. The maximum Gasteiger partial charge on any atom is 0.263 e. The van der Waals surface area contributed by atoms with Gasteiger partial charge in [-0.05, 0) is 54.7 Å². The Labute approximate surface area is 126 Å². The molecule has 1 N–H and O–H groups in total. The predicted octanol–water partition coefficient (Wildman–Crippen LogP) is 3.70. The second-order valence-electron chi connectivity index (χ2n) is 5.20. The van der Waals surface area contributed by atoms with Crippen molar-refractivity contribution < 1.29 is 8.42 Å². The molecule has 2 aromatic rings. The van der Waals surface area contributed by atoms with E-state index in [9.17, 15) is 8.42 Å². The van der Waals surface area contributed by atoms with E-state index in [2.05, 4.69) is 23.6 Å². The fourth-order valence-electron chi connectivity index (χ4n) is 2.00. The smallest absolute Gasteiger partial charge is 0.263 e. The van der Waals surface area contributed by atoms with Crippen LogP contribution >= 0.6 is 0 Å². The van der Waals surface area contributed by atoms with Crippen LogP contribution < -0.4 is 4.72 Å². The number of nitrogens with zero attached hydrogens (tertiary/aromatic N) is 1. The molecule has 112 valence electrons. The van der Waals surface area contributed by atoms with E-state index in [0.717, 1.165) is 17.5 Å². The summed E-state index contributed by atoms with van der Waals surface area (Å²) in [5, 5.41) is 0. The first-order valence-corrected chi connectivity index (χ1v) is 8.46. The Morgan fingerprint density at radius 1 is 1.19 bits per heavy atom. The number of nitrogens with one attached hydrogen (secondary N) is 1. The van der Waals surface area contributed by atoms with Crippen molar-refractivity contribution in [3.05, 3.63) is 53.7 Å². The van der Waals surface area contributed by atoms with Crippen molar-refractivity contribution in [3.63, 3.8) is 0 Å². The minimum Gasteiger partial charge on any atom is -0.263 e. The van der Waals surface area contributed by atoms with E-state index in [-0.39, 0.29) is 4.90 Å². The Morgan fingerprint density at radius 2 is 1.86 bits per heavy atom. The molecule has 21 heavy (non-hydrogen) atoms. The zero-order valence-corrected chi connectivity index (χ0v) is 13.3. The van der Waals surface area contributed by atoms with Crippen molar-refractivity contribution in [2.45, 2.75) is 38.0 Å². The van der Waals surface area contributed by atoms with Gasteiger partial charge in [0.1, 0.15) is 5.82 Å². The Bertz CT molecular complexity index is 709. The summed E-state index contributed by atoms with van der Waals surface area (Å²) in [6, 6.07) is 10.5. The molecule has 5 heteroatoms. The maximum absolute atomic E-state index is 12.3. The highest BCUT2D eigenvalue weighted by Crippen LogP contribution is 2.21. The fraction of sp³-hybridized carbons (Fsp3) is 0.312. The Kier molecular flexibility index (Phi) is 4.63. The summed E-state index contributed by atoms with van der Waals surface area (Å²) in [4.78, 5) is 4.27. The number of aryl methyl sites for hydroxylation is 1. The molecule has 1 unspecified atom stereocenters. The van der Waals surface area contributed by atoms with Gasteiger partial charge in [0.15, 0.2) is 0 Å². The van der Waals surface area contributed by atoms with Crippen molar-refractivity contribution in [1.29, 1.82) is 0 Å². The number of aromatic nitrogens is 1. The number of sulfonamides is 1. The van der Waals surface area contributed by atoms with Crippen molar-refractivity contribution in [1.82, 2.24) is 4.98 Å². The molecule has 0 aliphatic rings. The lowest BCUT2D eigenvalue weighted by Gasteiger charge is -2.11. The zero-order chi connectivity index (χ0) is 15.5. The molecule has 0 spiro atoms. The largest absolute Gasteiger partial charge is 0.263 e. The first-order valence-electron chi connectivity index (χ1n) is 6.98. The van der Waals surface area contributed by atoms with Gasteiger partial charge in [-0.2, -0.15) is 0 Å². The molecular weight excluding hydrogens is 284 g/mol. The highest BCUT2D eigenvalue weighted by atomic mass is 32.2. The van der Waals surface area contributed by atoms with E-state index in [1.807, 2.05) is 25.1 Å². The van der Waals surface area contributed by atoms with E-state index in [0.29, 0.717) is 11.7 Å². The molecule has 0 aliphatic carbocycles. The Balaban J connectivity index is 2.23. The SMILES string of the molecule is CCC(C)c1ccc(S(=O)(=O)Nc2cc(C)ccn2)cc1. The number of anilines is 1. The molecule has 0 aliphatic heterocycles. The summed E-state index contributed by atoms with van der Waals surface area (Å²) in [6.45, 7) is 6.12. The molecule has 0 amide bonds. The molecule has 1 aromatic heterocycles. The number of benzene rings is 1. The average Bonchev–Trinajstić information content (AvgIpc) is 2.46. The minimum absolute atomic E-state index is 0.248. The molecule has 1 atom stereocenters. The third-order valence-corrected chi connectivity index (χ3v) is 4.90. The monoisotopic (exact) mass is 304 g/mol. The summed E-state index contributed by atoms with van der Waals surface area (Å²) < 4.78 is 27.1. The maximum atomic E-state index is 12.3. The second-order valence-corrected chi connectivity index (χ2v) is 6.88. The Hall–Kier alpha value is -1.88. The molecular formula is C16H20N2O2S. The van der Waals surface area contributed by atoms with E-state index in [1.165, 1.54) is 0 Å². The highest BCUT2D eigenvalue weighted by molar-refractivity contribution is 7.92. The van der Waals surface area contributed by atoms with Gasteiger partial charge in [-0.3, -0.25) is 4.72 Å². The van der Waals surface area contributed by atoms with Crippen LogP contribution in [0.25, 0.3) is 0 Å². The molecule has 0 saturated heterocycles. The van der Waals surface area contributed by atoms with Crippen LogP contribution in [0.4, 0.5) is 5.82 Å². The van der Waals surface area contributed by atoms with E-state index < -0.39 is 10.0 Å². The summed E-state index contributed by atoms with van der Waals surface area (Å²) >= 11 is 0. The lowest BCUT2D eigenvalue weighted by Crippen LogP contribution is -2.14. The van der Waals surface area contributed by atoms with Crippen LogP contribution in [0, 0.1) is 6.92 Å². The van der Waals surface area contributed by atoms with Crippen LogP contribution in [0.3, 0.4) is 0 Å². The molecule has 2 rings (SSSR count). The molecule has 4 nitrogen and oxygen atoms in total. The van der Waals surface area contributed by atoms with Crippen molar-refractivity contribution in [2.24, 2.45) is 0 Å². The van der Waals surface area contributed by atoms with Crippen molar-refractivity contribution in [2.75, 3.05) is 4.72 Å². The molecule has 1 aromatic carbocycles. The Morgan fingerprint density at radius 3 is 2.43 bits per heavy atom. The van der Waals surface area contributed by atoms with Crippen LogP contribution in [-0.2, 0) is 10.0 Å². The van der Waals surface area contributed by atoms with Crippen molar-refractivity contribution >= 4 is 15.8 Å². The lowest BCUT2D eigenvalue weighted by molar-refractivity contribution is 0.601. The summed E-state index contributed by atoms with van der Waals surface area (Å²) in [6.07, 6.45) is 2.61. The standard InChI is InChI=1S/C16H20N2O2S/c1-4-13(3)14-5-7-15(8-6-14)21(19,20)18-16-11-12(2)9-10-17-16/h5-11,13H,4H2,1-3H3,(H,17,18). The van der Waals surface area contributed by atoms with Crippen LogP contribution in [0.15, 0.2) is 47.5 Å². The van der Waals surface area contributed by atoms with Gasteiger partial charge in [0, 0.05) is 6.20 Å². The normalized spacial score (nSPS) is 12.9. The van der Waals surface area contributed by atoms with Gasteiger partial charge in [0.05, 0.1) is 4.90 Å². The van der Waals surface area contributed by atoms with Gasteiger partial charge in [0.2, 0.25) is 0 Å². The number of hydrogen-bond acceptors (Lipinski definition) is 3. The summed E-state index contributed by atoms with van der Waals surface area (Å²) in [7, 11) is -3.59. The van der Waals surface area contributed by atoms with Crippen LogP contribution in [0.5, 0.6) is 0 Å². The third kappa shape index (κ3) is 3.82. The molecule has 1 heterocycles. The third-order valence-electron chi connectivity index (χ3n) is 3.53. The van der Waals surface area contributed by atoms with Crippen LogP contribution in [0.2, 0.25) is 0 Å². The highest BCUT2D eigenvalue weighted by Gasteiger charge is 2.15.